The number of hydrogen-bond donors (Lipinski definition) is 2. The van der Waals surface area contributed by atoms with Crippen LogP contribution in [0.4, 0.5) is 0 Å². The Morgan fingerprint density at radius 2 is 2.04 bits per heavy atom. The van der Waals surface area contributed by atoms with Gasteiger partial charge in [0.25, 0.3) is 0 Å². The fourth-order valence-corrected chi connectivity index (χ4v) is 3.36. The number of benzene rings is 1. The van der Waals surface area contributed by atoms with Crippen molar-refractivity contribution in [3.8, 4) is 5.88 Å². The fraction of sp³-hybridized carbons (Fsp3) is 0.200. The van der Waals surface area contributed by atoms with Crippen molar-refractivity contribution in [2.45, 2.75) is 20.1 Å². The summed E-state index contributed by atoms with van der Waals surface area (Å²) in [6.07, 6.45) is 8.11. The number of aromatic hydroxyl groups is 1. The average molecular weight is 333 g/mol. The van der Waals surface area contributed by atoms with Gasteiger partial charge in [-0.3, -0.25) is 14.6 Å². The standard InChI is InChI=1S/C20H19N3O2/c1-12-9-13(2)22-17(12)10-16-15-5-3-4-6-18(15)23(20(16)25)19(24)14-7-8-21-11-14/h3-11,14,19,24-25H,1-2H3/b17-10-. The molecule has 126 valence electrons. The Morgan fingerprint density at radius 3 is 2.72 bits per heavy atom. The van der Waals surface area contributed by atoms with Crippen LogP contribution in [0.3, 0.4) is 0 Å². The molecule has 5 heteroatoms. The predicted octanol–water partition coefficient (Wildman–Crippen LogP) is 3.81. The highest BCUT2D eigenvalue weighted by Crippen LogP contribution is 2.38. The number of aliphatic hydroxyl groups is 1. The van der Waals surface area contributed by atoms with Crippen LogP contribution >= 0.6 is 0 Å². The van der Waals surface area contributed by atoms with E-state index in [9.17, 15) is 10.2 Å². The molecule has 0 fully saturated rings. The van der Waals surface area contributed by atoms with Crippen molar-refractivity contribution < 1.29 is 10.2 Å². The SMILES string of the molecule is CC1=CC(C)=N/C1=C\c1c(O)n(C(O)C2C=CN=C2)c2ccccc12. The molecular formula is C20H19N3O2. The molecule has 4 rings (SSSR count). The van der Waals surface area contributed by atoms with Crippen molar-refractivity contribution >= 4 is 28.9 Å². The maximum atomic E-state index is 10.9. The lowest BCUT2D eigenvalue weighted by molar-refractivity contribution is 0.0839. The highest BCUT2D eigenvalue weighted by Gasteiger charge is 2.25. The van der Waals surface area contributed by atoms with Gasteiger partial charge >= 0.3 is 0 Å². The largest absolute Gasteiger partial charge is 0.494 e. The van der Waals surface area contributed by atoms with Gasteiger partial charge in [-0.15, -0.1) is 0 Å². The lowest BCUT2D eigenvalue weighted by atomic mass is 10.1. The van der Waals surface area contributed by atoms with Gasteiger partial charge in [0, 0.05) is 29.1 Å². The van der Waals surface area contributed by atoms with E-state index in [0.717, 1.165) is 27.9 Å². The Morgan fingerprint density at radius 1 is 1.24 bits per heavy atom. The minimum atomic E-state index is -0.926. The van der Waals surface area contributed by atoms with Crippen molar-refractivity contribution in [1.29, 1.82) is 0 Å². The predicted molar refractivity (Wildman–Crippen MR) is 101 cm³/mol. The maximum absolute atomic E-state index is 10.9. The second-order valence-electron chi connectivity index (χ2n) is 6.37. The Hall–Kier alpha value is -2.92. The average Bonchev–Trinajstić information content (AvgIpc) is 3.28. The summed E-state index contributed by atoms with van der Waals surface area (Å²) >= 11 is 0. The highest BCUT2D eigenvalue weighted by atomic mass is 16.3. The van der Waals surface area contributed by atoms with Crippen molar-refractivity contribution in [1.82, 2.24) is 4.57 Å². The van der Waals surface area contributed by atoms with E-state index in [-0.39, 0.29) is 11.8 Å². The number of allylic oxidation sites excluding steroid dienone is 2. The van der Waals surface area contributed by atoms with Crippen LogP contribution in [0.1, 0.15) is 25.6 Å². The third kappa shape index (κ3) is 2.53. The summed E-state index contributed by atoms with van der Waals surface area (Å²) < 4.78 is 1.55. The molecule has 0 saturated carbocycles. The Kier molecular flexibility index (Phi) is 3.66. The first-order valence-electron chi connectivity index (χ1n) is 8.22. The molecule has 2 aliphatic heterocycles. The van der Waals surface area contributed by atoms with Gasteiger partial charge in [0.15, 0.2) is 0 Å². The van der Waals surface area contributed by atoms with E-state index >= 15 is 0 Å². The van der Waals surface area contributed by atoms with Crippen LogP contribution in [-0.2, 0) is 0 Å². The molecule has 0 aliphatic carbocycles. The Balaban J connectivity index is 1.90. The summed E-state index contributed by atoms with van der Waals surface area (Å²) in [7, 11) is 0. The maximum Gasteiger partial charge on any atom is 0.201 e. The van der Waals surface area contributed by atoms with E-state index in [0.29, 0.717) is 5.56 Å². The van der Waals surface area contributed by atoms with Gasteiger partial charge in [-0.2, -0.15) is 0 Å². The number of aliphatic imine (C=N–C) groups is 2. The van der Waals surface area contributed by atoms with E-state index in [2.05, 4.69) is 9.98 Å². The van der Waals surface area contributed by atoms with E-state index in [1.54, 1.807) is 17.0 Å². The molecule has 25 heavy (non-hydrogen) atoms. The van der Waals surface area contributed by atoms with Crippen LogP contribution in [-0.4, -0.2) is 26.7 Å². The number of aliphatic hydroxyl groups excluding tert-OH is 1. The van der Waals surface area contributed by atoms with Crippen LogP contribution in [0.5, 0.6) is 5.88 Å². The van der Waals surface area contributed by atoms with Crippen LogP contribution in [0.2, 0.25) is 0 Å². The summed E-state index contributed by atoms with van der Waals surface area (Å²) in [6, 6.07) is 7.64. The van der Waals surface area contributed by atoms with Crippen molar-refractivity contribution in [3.63, 3.8) is 0 Å². The summed E-state index contributed by atoms with van der Waals surface area (Å²) in [4.78, 5) is 8.55. The van der Waals surface area contributed by atoms with Crippen molar-refractivity contribution in [2.24, 2.45) is 15.9 Å². The number of aromatic nitrogens is 1. The molecule has 0 amide bonds. The zero-order chi connectivity index (χ0) is 17.6. The number of rotatable bonds is 3. The summed E-state index contributed by atoms with van der Waals surface area (Å²) in [5.41, 5.74) is 4.26. The quantitative estimate of drug-likeness (QED) is 0.896. The Bertz CT molecular complexity index is 993. The minimum absolute atomic E-state index is 0.0300. The molecule has 0 saturated heterocycles. The third-order valence-electron chi connectivity index (χ3n) is 4.59. The third-order valence-corrected chi connectivity index (χ3v) is 4.59. The van der Waals surface area contributed by atoms with Gasteiger partial charge in [-0.05, 0) is 37.6 Å². The Labute approximate surface area is 145 Å². The van der Waals surface area contributed by atoms with Crippen LogP contribution in [0, 0.1) is 5.92 Å². The van der Waals surface area contributed by atoms with Crippen LogP contribution < -0.4 is 0 Å². The molecule has 1 aromatic carbocycles. The van der Waals surface area contributed by atoms with E-state index in [4.69, 9.17) is 0 Å². The van der Waals surface area contributed by atoms with E-state index < -0.39 is 6.23 Å². The molecule has 0 bridgehead atoms. The minimum Gasteiger partial charge on any atom is -0.494 e. The first-order valence-corrected chi connectivity index (χ1v) is 8.22. The summed E-state index contributed by atoms with van der Waals surface area (Å²) in [6.45, 7) is 3.94. The lowest BCUT2D eigenvalue weighted by Gasteiger charge is -2.18. The topological polar surface area (TPSA) is 70.1 Å². The van der Waals surface area contributed by atoms with E-state index in [1.165, 1.54) is 0 Å². The molecule has 1 aromatic heterocycles. The molecule has 2 atom stereocenters. The molecule has 0 spiro atoms. The molecule has 2 N–H and O–H groups in total. The van der Waals surface area contributed by atoms with Gasteiger partial charge in [0.1, 0.15) is 6.23 Å². The second kappa shape index (κ2) is 5.86. The molecular weight excluding hydrogens is 314 g/mol. The number of fused-ring (bicyclic) bond motifs is 1. The van der Waals surface area contributed by atoms with E-state index in [1.807, 2.05) is 56.3 Å². The van der Waals surface area contributed by atoms with Crippen molar-refractivity contribution in [2.75, 3.05) is 0 Å². The van der Waals surface area contributed by atoms with Gasteiger partial charge < -0.3 is 10.2 Å². The number of para-hydroxylation sites is 1. The molecule has 2 aromatic rings. The molecule has 2 aliphatic rings. The molecule has 5 nitrogen and oxygen atoms in total. The zero-order valence-corrected chi connectivity index (χ0v) is 14.1. The summed E-state index contributed by atoms with van der Waals surface area (Å²) in [5.74, 6) is -0.238. The van der Waals surface area contributed by atoms with Gasteiger partial charge in [-0.1, -0.05) is 24.3 Å². The smallest absolute Gasteiger partial charge is 0.201 e. The molecule has 0 radical (unpaired) electrons. The number of hydrogen-bond acceptors (Lipinski definition) is 4. The van der Waals surface area contributed by atoms with Crippen LogP contribution in [0.25, 0.3) is 17.0 Å². The molecule has 3 heterocycles. The van der Waals surface area contributed by atoms with Gasteiger partial charge in [0.05, 0.1) is 17.1 Å². The lowest BCUT2D eigenvalue weighted by Crippen LogP contribution is -2.17. The van der Waals surface area contributed by atoms with Gasteiger partial charge in [-0.25, -0.2) is 0 Å². The van der Waals surface area contributed by atoms with Crippen molar-refractivity contribution in [3.05, 3.63) is 59.5 Å². The monoisotopic (exact) mass is 333 g/mol. The highest BCUT2D eigenvalue weighted by molar-refractivity contribution is 6.00. The van der Waals surface area contributed by atoms with Gasteiger partial charge in [0.2, 0.25) is 5.88 Å². The molecule has 2 unspecified atom stereocenters. The zero-order valence-electron chi connectivity index (χ0n) is 14.1. The fourth-order valence-electron chi connectivity index (χ4n) is 3.36. The number of nitrogens with zero attached hydrogens (tertiary/aromatic N) is 3. The normalized spacial score (nSPS) is 22.0. The van der Waals surface area contributed by atoms with Crippen LogP contribution in [0.15, 0.2) is 63.9 Å². The summed E-state index contributed by atoms with van der Waals surface area (Å²) in [5, 5.41) is 22.5. The first-order chi connectivity index (χ1) is 12.1. The first kappa shape index (κ1) is 15.6. The second-order valence-corrected chi connectivity index (χ2v) is 6.37.